The molecule has 0 aliphatic heterocycles. The van der Waals surface area contributed by atoms with Gasteiger partial charge >= 0.3 is 0 Å². The fraction of sp³-hybridized carbons (Fsp3) is 0.133. The van der Waals surface area contributed by atoms with Crippen molar-refractivity contribution in [3.05, 3.63) is 52.7 Å². The predicted octanol–water partition coefficient (Wildman–Crippen LogP) is 3.89. The normalized spacial score (nSPS) is 10.8. The number of halogens is 1. The van der Waals surface area contributed by atoms with Crippen molar-refractivity contribution >= 4 is 29.4 Å². The predicted molar refractivity (Wildman–Crippen MR) is 80.2 cm³/mol. The van der Waals surface area contributed by atoms with Gasteiger partial charge in [-0.1, -0.05) is 48.0 Å². The number of pyridine rings is 1. The zero-order valence-corrected chi connectivity index (χ0v) is 11.4. The summed E-state index contributed by atoms with van der Waals surface area (Å²) in [6.45, 7) is 2.41. The Morgan fingerprint density at radius 1 is 1.26 bits per heavy atom. The maximum atomic E-state index is 5.96. The van der Waals surface area contributed by atoms with Gasteiger partial charge in [0, 0.05) is 5.69 Å². The Bertz CT molecular complexity index is 582. The summed E-state index contributed by atoms with van der Waals surface area (Å²) in [5.74, 6) is 0.458. The molecule has 0 unspecified atom stereocenters. The van der Waals surface area contributed by atoms with E-state index in [2.05, 4.69) is 4.98 Å². The highest BCUT2D eigenvalue weighted by atomic mass is 35.5. The molecular formula is C15H15ClN2O. The third kappa shape index (κ3) is 3.48. The van der Waals surface area contributed by atoms with Crippen molar-refractivity contribution in [1.29, 1.82) is 0 Å². The van der Waals surface area contributed by atoms with E-state index in [1.54, 1.807) is 6.07 Å². The number of rotatable bonds is 4. The van der Waals surface area contributed by atoms with E-state index >= 15 is 0 Å². The van der Waals surface area contributed by atoms with Gasteiger partial charge in [0.25, 0.3) is 0 Å². The van der Waals surface area contributed by atoms with Crippen LogP contribution < -0.4 is 10.5 Å². The van der Waals surface area contributed by atoms with Crippen LogP contribution in [0.25, 0.3) is 12.2 Å². The molecule has 0 saturated carbocycles. The average molecular weight is 275 g/mol. The fourth-order valence-electron chi connectivity index (χ4n) is 1.68. The Labute approximate surface area is 117 Å². The Balaban J connectivity index is 2.36. The van der Waals surface area contributed by atoms with Crippen LogP contribution in [0, 0.1) is 0 Å². The number of nitrogen functional groups attached to an aromatic ring is 1. The lowest BCUT2D eigenvalue weighted by Crippen LogP contribution is -2.00. The quantitative estimate of drug-likeness (QED) is 0.861. The van der Waals surface area contributed by atoms with Crippen LogP contribution in [-0.4, -0.2) is 11.6 Å². The summed E-state index contributed by atoms with van der Waals surface area (Å²) >= 11 is 5.88. The lowest BCUT2D eigenvalue weighted by molar-refractivity contribution is 0.326. The second kappa shape index (κ2) is 6.25. The van der Waals surface area contributed by atoms with Crippen LogP contribution in [0.5, 0.6) is 5.88 Å². The van der Waals surface area contributed by atoms with Crippen LogP contribution in [0.1, 0.15) is 18.1 Å². The summed E-state index contributed by atoms with van der Waals surface area (Å²) in [5, 5.41) is 0.331. The highest BCUT2D eigenvalue weighted by Gasteiger charge is 2.08. The lowest BCUT2D eigenvalue weighted by Gasteiger charge is -2.09. The van der Waals surface area contributed by atoms with E-state index in [1.807, 2.05) is 49.4 Å². The molecule has 0 aliphatic carbocycles. The lowest BCUT2D eigenvalue weighted by atomic mass is 10.1. The molecule has 0 aliphatic rings. The first-order valence-electron chi connectivity index (χ1n) is 6.02. The van der Waals surface area contributed by atoms with E-state index in [0.717, 1.165) is 11.1 Å². The monoisotopic (exact) mass is 274 g/mol. The highest BCUT2D eigenvalue weighted by Crippen LogP contribution is 2.27. The summed E-state index contributed by atoms with van der Waals surface area (Å²) < 4.78 is 5.46. The third-order valence-electron chi connectivity index (χ3n) is 2.55. The van der Waals surface area contributed by atoms with Crippen LogP contribution in [0.3, 0.4) is 0 Å². The molecule has 1 aromatic heterocycles. The number of aromatic nitrogens is 1. The Hall–Kier alpha value is -2.00. The number of anilines is 1. The van der Waals surface area contributed by atoms with Crippen LogP contribution in [0.4, 0.5) is 5.69 Å². The van der Waals surface area contributed by atoms with E-state index in [9.17, 15) is 0 Å². The Morgan fingerprint density at radius 3 is 2.68 bits per heavy atom. The van der Waals surface area contributed by atoms with E-state index < -0.39 is 0 Å². The van der Waals surface area contributed by atoms with Gasteiger partial charge in [0.15, 0.2) is 0 Å². The van der Waals surface area contributed by atoms with Gasteiger partial charge in [-0.05, 0) is 24.6 Å². The van der Waals surface area contributed by atoms with Gasteiger partial charge in [-0.2, -0.15) is 0 Å². The molecular weight excluding hydrogens is 260 g/mol. The van der Waals surface area contributed by atoms with Crippen molar-refractivity contribution in [2.24, 2.45) is 0 Å². The van der Waals surface area contributed by atoms with E-state index in [1.165, 1.54) is 0 Å². The first-order chi connectivity index (χ1) is 9.20. The molecule has 2 N–H and O–H groups in total. The highest BCUT2D eigenvalue weighted by molar-refractivity contribution is 6.29. The SMILES string of the molecule is CCOc1nc(Cl)cc(N)c1/C=C/c1ccccc1. The van der Waals surface area contributed by atoms with Gasteiger partial charge < -0.3 is 10.5 Å². The smallest absolute Gasteiger partial charge is 0.224 e. The number of hydrogen-bond donors (Lipinski definition) is 1. The minimum atomic E-state index is 0.331. The molecule has 2 rings (SSSR count). The molecule has 0 amide bonds. The molecule has 1 aromatic carbocycles. The molecule has 1 heterocycles. The molecule has 0 atom stereocenters. The number of nitrogens with two attached hydrogens (primary N) is 1. The molecule has 19 heavy (non-hydrogen) atoms. The molecule has 0 saturated heterocycles. The van der Waals surface area contributed by atoms with Crippen LogP contribution in [0.15, 0.2) is 36.4 Å². The van der Waals surface area contributed by atoms with Crippen molar-refractivity contribution in [1.82, 2.24) is 4.98 Å². The van der Waals surface area contributed by atoms with Crippen molar-refractivity contribution in [3.63, 3.8) is 0 Å². The molecule has 0 radical (unpaired) electrons. The molecule has 0 bridgehead atoms. The summed E-state index contributed by atoms with van der Waals surface area (Å²) in [6.07, 6.45) is 3.85. The number of benzene rings is 1. The van der Waals surface area contributed by atoms with E-state index in [4.69, 9.17) is 22.1 Å². The van der Waals surface area contributed by atoms with Gasteiger partial charge in [-0.3, -0.25) is 0 Å². The van der Waals surface area contributed by atoms with E-state index in [0.29, 0.717) is 23.3 Å². The largest absolute Gasteiger partial charge is 0.477 e. The summed E-state index contributed by atoms with van der Waals surface area (Å²) in [5.41, 5.74) is 8.34. The maximum absolute atomic E-state index is 5.96. The summed E-state index contributed by atoms with van der Waals surface area (Å²) in [7, 11) is 0. The van der Waals surface area contributed by atoms with Crippen molar-refractivity contribution < 1.29 is 4.74 Å². The standard InChI is InChI=1S/C15H15ClN2O/c1-2-19-15-12(13(17)10-14(16)18-15)9-8-11-6-4-3-5-7-11/h3-10H,2H2,1H3,(H2,17,18)/b9-8+. The van der Waals surface area contributed by atoms with Gasteiger partial charge in [0.2, 0.25) is 5.88 Å². The third-order valence-corrected chi connectivity index (χ3v) is 2.74. The first kappa shape index (κ1) is 13.4. The minimum absolute atomic E-state index is 0.331. The van der Waals surface area contributed by atoms with Crippen LogP contribution >= 0.6 is 11.6 Å². The topological polar surface area (TPSA) is 48.1 Å². The van der Waals surface area contributed by atoms with Gasteiger partial charge in [-0.15, -0.1) is 0 Å². The molecule has 3 nitrogen and oxygen atoms in total. The Morgan fingerprint density at radius 2 is 2.00 bits per heavy atom. The summed E-state index contributed by atoms with van der Waals surface area (Å²) in [4.78, 5) is 4.15. The average Bonchev–Trinajstić information content (AvgIpc) is 2.39. The van der Waals surface area contributed by atoms with Crippen molar-refractivity contribution in [2.75, 3.05) is 12.3 Å². The first-order valence-corrected chi connectivity index (χ1v) is 6.40. The molecule has 4 heteroatoms. The van der Waals surface area contributed by atoms with Crippen molar-refractivity contribution in [2.45, 2.75) is 6.92 Å². The molecule has 0 fully saturated rings. The molecule has 2 aromatic rings. The number of hydrogen-bond acceptors (Lipinski definition) is 3. The van der Waals surface area contributed by atoms with Crippen LogP contribution in [0.2, 0.25) is 5.15 Å². The number of ether oxygens (including phenoxy) is 1. The van der Waals surface area contributed by atoms with Crippen LogP contribution in [-0.2, 0) is 0 Å². The number of nitrogens with zero attached hydrogens (tertiary/aromatic N) is 1. The maximum Gasteiger partial charge on any atom is 0.224 e. The van der Waals surface area contributed by atoms with Gasteiger partial charge in [-0.25, -0.2) is 4.98 Å². The van der Waals surface area contributed by atoms with E-state index in [-0.39, 0.29) is 0 Å². The second-order valence-corrected chi connectivity index (χ2v) is 4.32. The molecule has 98 valence electrons. The second-order valence-electron chi connectivity index (χ2n) is 3.93. The minimum Gasteiger partial charge on any atom is -0.477 e. The van der Waals surface area contributed by atoms with Gasteiger partial charge in [0.1, 0.15) is 5.15 Å². The van der Waals surface area contributed by atoms with Gasteiger partial charge in [0.05, 0.1) is 12.2 Å². The summed E-state index contributed by atoms with van der Waals surface area (Å²) in [6, 6.07) is 11.6. The van der Waals surface area contributed by atoms with Crippen molar-refractivity contribution in [3.8, 4) is 5.88 Å². The molecule has 0 spiro atoms. The Kier molecular flexibility index (Phi) is 4.42. The zero-order chi connectivity index (χ0) is 13.7. The zero-order valence-electron chi connectivity index (χ0n) is 10.6. The fourth-order valence-corrected chi connectivity index (χ4v) is 1.87.